The first-order valence-electron chi connectivity index (χ1n) is 12.2. The van der Waals surface area contributed by atoms with Crippen molar-refractivity contribution >= 4 is 22.5 Å². The van der Waals surface area contributed by atoms with E-state index < -0.39 is 17.5 Å². The number of rotatable bonds is 5. The van der Waals surface area contributed by atoms with Crippen LogP contribution in [-0.4, -0.2) is 39.5 Å². The van der Waals surface area contributed by atoms with E-state index in [1.807, 2.05) is 24.3 Å². The molecular formula is C29H24F2N4O2. The van der Waals surface area contributed by atoms with Crippen LogP contribution in [0.1, 0.15) is 34.5 Å². The summed E-state index contributed by atoms with van der Waals surface area (Å²) >= 11 is 0. The van der Waals surface area contributed by atoms with E-state index in [4.69, 9.17) is 4.74 Å². The van der Waals surface area contributed by atoms with Crippen molar-refractivity contribution in [2.45, 2.75) is 25.3 Å². The third-order valence-electron chi connectivity index (χ3n) is 6.79. The molecule has 0 bridgehead atoms. The predicted octanol–water partition coefficient (Wildman–Crippen LogP) is 5.33. The number of carbonyl (C=O) groups excluding carboxylic acids is 1. The molecule has 0 spiro atoms. The molecule has 0 aliphatic carbocycles. The molecule has 4 heterocycles. The Labute approximate surface area is 211 Å². The van der Waals surface area contributed by atoms with Crippen LogP contribution in [0.15, 0.2) is 73.2 Å². The third-order valence-corrected chi connectivity index (χ3v) is 6.79. The number of pyridine rings is 2. The van der Waals surface area contributed by atoms with E-state index in [-0.39, 0.29) is 17.3 Å². The standard InChI is InChI=1S/C29H24F2N4O2/c30-25-14-19(4-5-24(25)29(36)34-22-7-10-37-11-8-22)21-15-26(31)28-33-16-23(35(28)17-21)13-18-3-6-27-20(12-18)2-1-9-32-27/h1-6,9,12,14-17,22H,7-8,10-11,13H2,(H,34,36). The van der Waals surface area contributed by atoms with E-state index in [9.17, 15) is 9.18 Å². The number of benzene rings is 2. The minimum atomic E-state index is -0.654. The number of hydrogen-bond donors (Lipinski definition) is 1. The van der Waals surface area contributed by atoms with Crippen LogP contribution < -0.4 is 5.32 Å². The summed E-state index contributed by atoms with van der Waals surface area (Å²) in [6.45, 7) is 1.16. The van der Waals surface area contributed by atoms with Gasteiger partial charge in [0.15, 0.2) is 11.5 Å². The molecule has 1 aliphatic heterocycles. The lowest BCUT2D eigenvalue weighted by Crippen LogP contribution is -2.39. The van der Waals surface area contributed by atoms with Crippen molar-refractivity contribution in [2.75, 3.05) is 13.2 Å². The molecule has 186 valence electrons. The number of ether oxygens (including phenoxy) is 1. The number of aromatic nitrogens is 3. The van der Waals surface area contributed by atoms with Crippen LogP contribution in [0, 0.1) is 11.6 Å². The second-order valence-electron chi connectivity index (χ2n) is 9.28. The van der Waals surface area contributed by atoms with Crippen LogP contribution in [0.25, 0.3) is 27.7 Å². The molecule has 0 saturated carbocycles. The Kier molecular flexibility index (Phi) is 6.10. The average Bonchev–Trinajstić information content (AvgIpc) is 3.32. The zero-order valence-electron chi connectivity index (χ0n) is 20.0. The molecule has 1 aliphatic rings. The Morgan fingerprint density at radius 1 is 1.00 bits per heavy atom. The van der Waals surface area contributed by atoms with E-state index in [1.165, 1.54) is 18.2 Å². The van der Waals surface area contributed by atoms with Gasteiger partial charge in [-0.05, 0) is 60.4 Å². The van der Waals surface area contributed by atoms with Gasteiger partial charge in [-0.3, -0.25) is 9.78 Å². The minimum Gasteiger partial charge on any atom is -0.381 e. The monoisotopic (exact) mass is 498 g/mol. The number of nitrogens with zero attached hydrogens (tertiary/aromatic N) is 3. The van der Waals surface area contributed by atoms with Gasteiger partial charge in [0, 0.05) is 60.9 Å². The maximum absolute atomic E-state index is 15.0. The van der Waals surface area contributed by atoms with Crippen LogP contribution in [0.4, 0.5) is 8.78 Å². The molecular weight excluding hydrogens is 474 g/mol. The smallest absolute Gasteiger partial charge is 0.254 e. The van der Waals surface area contributed by atoms with Crippen LogP contribution in [-0.2, 0) is 11.2 Å². The molecule has 0 atom stereocenters. The largest absolute Gasteiger partial charge is 0.381 e. The molecule has 8 heteroatoms. The molecule has 6 rings (SSSR count). The second kappa shape index (κ2) is 9.71. The van der Waals surface area contributed by atoms with Gasteiger partial charge in [-0.25, -0.2) is 13.8 Å². The Morgan fingerprint density at radius 2 is 1.84 bits per heavy atom. The van der Waals surface area contributed by atoms with Crippen molar-refractivity contribution in [1.82, 2.24) is 19.7 Å². The van der Waals surface area contributed by atoms with Gasteiger partial charge in [-0.1, -0.05) is 18.2 Å². The first kappa shape index (κ1) is 23.2. The highest BCUT2D eigenvalue weighted by Gasteiger charge is 2.20. The quantitative estimate of drug-likeness (QED) is 0.356. The van der Waals surface area contributed by atoms with E-state index in [0.29, 0.717) is 43.6 Å². The Balaban J connectivity index is 1.29. The van der Waals surface area contributed by atoms with Crippen molar-refractivity contribution in [1.29, 1.82) is 0 Å². The van der Waals surface area contributed by atoms with Gasteiger partial charge < -0.3 is 14.5 Å². The fraction of sp³-hybridized carbons (Fsp3) is 0.207. The van der Waals surface area contributed by atoms with Crippen molar-refractivity contribution in [3.63, 3.8) is 0 Å². The summed E-state index contributed by atoms with van der Waals surface area (Å²) in [5, 5.41) is 3.90. The van der Waals surface area contributed by atoms with Gasteiger partial charge in [0.05, 0.1) is 11.1 Å². The molecule has 0 radical (unpaired) electrons. The molecule has 6 nitrogen and oxygen atoms in total. The third kappa shape index (κ3) is 4.68. The van der Waals surface area contributed by atoms with Gasteiger partial charge in [0.1, 0.15) is 5.82 Å². The molecule has 1 N–H and O–H groups in total. The lowest BCUT2D eigenvalue weighted by atomic mass is 10.0. The van der Waals surface area contributed by atoms with Crippen LogP contribution in [0.3, 0.4) is 0 Å². The molecule has 2 aromatic carbocycles. The first-order valence-corrected chi connectivity index (χ1v) is 12.2. The summed E-state index contributed by atoms with van der Waals surface area (Å²) in [5.41, 5.74) is 3.87. The lowest BCUT2D eigenvalue weighted by Gasteiger charge is -2.23. The van der Waals surface area contributed by atoms with Crippen molar-refractivity contribution in [3.8, 4) is 11.1 Å². The molecule has 1 amide bonds. The lowest BCUT2D eigenvalue weighted by molar-refractivity contribution is 0.0694. The number of amides is 1. The Morgan fingerprint density at radius 3 is 2.68 bits per heavy atom. The highest BCUT2D eigenvalue weighted by Crippen LogP contribution is 2.26. The second-order valence-corrected chi connectivity index (χ2v) is 9.28. The van der Waals surface area contributed by atoms with Crippen LogP contribution in [0.2, 0.25) is 0 Å². The zero-order valence-corrected chi connectivity index (χ0v) is 20.0. The fourth-order valence-electron chi connectivity index (χ4n) is 4.81. The summed E-state index contributed by atoms with van der Waals surface area (Å²) in [6, 6.07) is 15.6. The highest BCUT2D eigenvalue weighted by molar-refractivity contribution is 5.95. The molecule has 0 unspecified atom stereocenters. The SMILES string of the molecule is O=C(NC1CCOCC1)c1ccc(-c2cc(F)c3ncc(Cc4ccc5ncccc5c4)n3c2)cc1F. The number of nitrogens with one attached hydrogen (secondary N) is 1. The number of fused-ring (bicyclic) bond motifs is 2. The maximum atomic E-state index is 15.0. The van der Waals surface area contributed by atoms with E-state index in [0.717, 1.165) is 22.2 Å². The van der Waals surface area contributed by atoms with E-state index in [1.54, 1.807) is 29.1 Å². The zero-order chi connectivity index (χ0) is 25.4. The maximum Gasteiger partial charge on any atom is 0.254 e. The normalized spacial score (nSPS) is 14.3. The van der Waals surface area contributed by atoms with Crippen LogP contribution >= 0.6 is 0 Å². The van der Waals surface area contributed by atoms with Crippen molar-refractivity contribution in [3.05, 3.63) is 102 Å². The number of imidazole rings is 1. The van der Waals surface area contributed by atoms with E-state index in [2.05, 4.69) is 21.4 Å². The number of hydrogen-bond acceptors (Lipinski definition) is 4. The van der Waals surface area contributed by atoms with Crippen LogP contribution in [0.5, 0.6) is 0 Å². The molecule has 1 fully saturated rings. The number of halogens is 2. The predicted molar refractivity (Wildman–Crippen MR) is 136 cm³/mol. The van der Waals surface area contributed by atoms with Crippen molar-refractivity contribution in [2.24, 2.45) is 0 Å². The average molecular weight is 499 g/mol. The number of carbonyl (C=O) groups is 1. The molecule has 37 heavy (non-hydrogen) atoms. The van der Waals surface area contributed by atoms with Gasteiger partial charge in [-0.2, -0.15) is 0 Å². The Hall–Kier alpha value is -4.17. The van der Waals surface area contributed by atoms with E-state index >= 15 is 4.39 Å². The summed E-state index contributed by atoms with van der Waals surface area (Å²) in [4.78, 5) is 21.2. The summed E-state index contributed by atoms with van der Waals surface area (Å²) in [6.07, 6.45) is 7.10. The minimum absolute atomic E-state index is 0.0321. The topological polar surface area (TPSA) is 68.5 Å². The van der Waals surface area contributed by atoms with Gasteiger partial charge in [-0.15, -0.1) is 0 Å². The molecule has 5 aromatic rings. The van der Waals surface area contributed by atoms with Gasteiger partial charge >= 0.3 is 0 Å². The summed E-state index contributed by atoms with van der Waals surface area (Å²) in [5.74, 6) is -1.62. The molecule has 1 saturated heterocycles. The molecule has 3 aromatic heterocycles. The summed E-state index contributed by atoms with van der Waals surface area (Å²) in [7, 11) is 0. The highest BCUT2D eigenvalue weighted by atomic mass is 19.1. The first-order chi connectivity index (χ1) is 18.0. The van der Waals surface area contributed by atoms with Gasteiger partial charge in [0.2, 0.25) is 0 Å². The Bertz CT molecular complexity index is 1630. The van der Waals surface area contributed by atoms with Crippen molar-refractivity contribution < 1.29 is 18.3 Å². The fourth-order valence-corrected chi connectivity index (χ4v) is 4.81. The summed E-state index contributed by atoms with van der Waals surface area (Å²) < 4.78 is 37.0. The van der Waals surface area contributed by atoms with Gasteiger partial charge in [0.25, 0.3) is 5.91 Å².